The first kappa shape index (κ1) is 13.2. The Hall–Kier alpha value is -0.870. The molecule has 1 unspecified atom stereocenters. The van der Waals surface area contributed by atoms with Crippen LogP contribution in [0.3, 0.4) is 0 Å². The number of nitrogens with zero attached hydrogens (tertiary/aromatic N) is 3. The molecule has 92 valence electrons. The van der Waals surface area contributed by atoms with E-state index in [0.717, 1.165) is 18.8 Å². The van der Waals surface area contributed by atoms with E-state index in [4.69, 9.17) is 0 Å². The second-order valence-electron chi connectivity index (χ2n) is 4.82. The summed E-state index contributed by atoms with van der Waals surface area (Å²) in [5, 5.41) is 7.95. The summed E-state index contributed by atoms with van der Waals surface area (Å²) in [5.41, 5.74) is 3.71. The molecule has 0 saturated heterocycles. The third-order valence-corrected chi connectivity index (χ3v) is 2.93. The first-order valence-electron chi connectivity index (χ1n) is 5.79. The average Bonchev–Trinajstić information content (AvgIpc) is 2.38. The van der Waals surface area contributed by atoms with Crippen LogP contribution < -0.4 is 5.32 Å². The SMILES string of the molecule is Cc1nn(C)c(C)c1CNC(C)CN(C)C. The maximum absolute atomic E-state index is 4.42. The highest BCUT2D eigenvalue weighted by molar-refractivity contribution is 5.24. The molecule has 0 spiro atoms. The molecule has 0 aliphatic heterocycles. The number of likely N-dealkylation sites (N-methyl/N-ethyl adjacent to an activating group) is 1. The number of aromatic nitrogens is 2. The summed E-state index contributed by atoms with van der Waals surface area (Å²) in [6.07, 6.45) is 0. The normalized spacial score (nSPS) is 13.4. The molecule has 1 N–H and O–H groups in total. The fraction of sp³-hybridized carbons (Fsp3) is 0.750. The van der Waals surface area contributed by atoms with Gasteiger partial charge in [0.25, 0.3) is 0 Å². The van der Waals surface area contributed by atoms with Crippen LogP contribution in [0.25, 0.3) is 0 Å². The van der Waals surface area contributed by atoms with E-state index in [2.05, 4.69) is 50.2 Å². The number of nitrogens with one attached hydrogen (secondary N) is 1. The lowest BCUT2D eigenvalue weighted by Gasteiger charge is -2.18. The molecule has 16 heavy (non-hydrogen) atoms. The van der Waals surface area contributed by atoms with Crippen molar-refractivity contribution >= 4 is 0 Å². The third-order valence-electron chi connectivity index (χ3n) is 2.93. The van der Waals surface area contributed by atoms with Gasteiger partial charge in [-0.1, -0.05) is 0 Å². The molecule has 0 radical (unpaired) electrons. The van der Waals surface area contributed by atoms with E-state index in [-0.39, 0.29) is 0 Å². The molecule has 1 atom stereocenters. The number of rotatable bonds is 5. The predicted molar refractivity (Wildman–Crippen MR) is 67.5 cm³/mol. The topological polar surface area (TPSA) is 33.1 Å². The maximum atomic E-state index is 4.42. The van der Waals surface area contributed by atoms with Gasteiger partial charge in [-0.25, -0.2) is 0 Å². The minimum atomic E-state index is 0.494. The molecule has 1 heterocycles. The van der Waals surface area contributed by atoms with Crippen LogP contribution in [0.4, 0.5) is 0 Å². The summed E-state index contributed by atoms with van der Waals surface area (Å²) in [4.78, 5) is 2.20. The minimum absolute atomic E-state index is 0.494. The largest absolute Gasteiger partial charge is 0.309 e. The molecule has 0 fully saturated rings. The zero-order valence-corrected chi connectivity index (χ0v) is 11.3. The third kappa shape index (κ3) is 3.32. The Morgan fingerprint density at radius 2 is 2.00 bits per heavy atom. The van der Waals surface area contributed by atoms with Crippen LogP contribution in [0.2, 0.25) is 0 Å². The van der Waals surface area contributed by atoms with E-state index in [0.29, 0.717) is 6.04 Å². The van der Waals surface area contributed by atoms with Gasteiger partial charge >= 0.3 is 0 Å². The smallest absolute Gasteiger partial charge is 0.0641 e. The predicted octanol–water partition coefficient (Wildman–Crippen LogP) is 1.08. The second-order valence-corrected chi connectivity index (χ2v) is 4.82. The molecular weight excluding hydrogens is 200 g/mol. The van der Waals surface area contributed by atoms with Crippen LogP contribution in [0.1, 0.15) is 23.9 Å². The van der Waals surface area contributed by atoms with Gasteiger partial charge in [0.05, 0.1) is 5.69 Å². The summed E-state index contributed by atoms with van der Waals surface area (Å²) in [7, 11) is 6.19. The van der Waals surface area contributed by atoms with Crippen molar-refractivity contribution in [3.05, 3.63) is 17.0 Å². The van der Waals surface area contributed by atoms with Crippen molar-refractivity contribution in [3.63, 3.8) is 0 Å². The molecule has 4 heteroatoms. The highest BCUT2D eigenvalue weighted by atomic mass is 15.3. The molecule has 4 nitrogen and oxygen atoms in total. The number of hydrogen-bond acceptors (Lipinski definition) is 3. The second kappa shape index (κ2) is 5.46. The zero-order chi connectivity index (χ0) is 12.3. The molecule has 0 aromatic carbocycles. The zero-order valence-electron chi connectivity index (χ0n) is 11.3. The van der Waals surface area contributed by atoms with Gasteiger partial charge in [0.15, 0.2) is 0 Å². The molecule has 0 amide bonds. The molecule has 1 rings (SSSR count). The van der Waals surface area contributed by atoms with Crippen molar-refractivity contribution < 1.29 is 0 Å². The molecule has 1 aromatic heterocycles. The summed E-state index contributed by atoms with van der Waals surface area (Å²) in [5.74, 6) is 0. The van der Waals surface area contributed by atoms with Crippen LogP contribution in [0, 0.1) is 13.8 Å². The van der Waals surface area contributed by atoms with Gasteiger partial charge in [-0.05, 0) is 34.9 Å². The Bertz CT molecular complexity index is 341. The van der Waals surface area contributed by atoms with E-state index in [1.807, 2.05) is 11.7 Å². The van der Waals surface area contributed by atoms with Gasteiger partial charge in [-0.2, -0.15) is 5.10 Å². The van der Waals surface area contributed by atoms with Crippen molar-refractivity contribution in [2.75, 3.05) is 20.6 Å². The average molecular weight is 224 g/mol. The van der Waals surface area contributed by atoms with Gasteiger partial charge in [-0.15, -0.1) is 0 Å². The van der Waals surface area contributed by atoms with E-state index in [1.54, 1.807) is 0 Å². The highest BCUT2D eigenvalue weighted by Crippen LogP contribution is 2.11. The number of aryl methyl sites for hydroxylation is 2. The van der Waals surface area contributed by atoms with Crippen LogP contribution >= 0.6 is 0 Å². The lowest BCUT2D eigenvalue weighted by atomic mass is 10.2. The van der Waals surface area contributed by atoms with Crippen molar-refractivity contribution in [1.82, 2.24) is 20.0 Å². The van der Waals surface area contributed by atoms with Crippen LogP contribution in [0.5, 0.6) is 0 Å². The molecule has 1 aromatic rings. The Labute approximate surface area is 98.6 Å². The van der Waals surface area contributed by atoms with Crippen molar-refractivity contribution in [1.29, 1.82) is 0 Å². The monoisotopic (exact) mass is 224 g/mol. The Kier molecular flexibility index (Phi) is 4.50. The fourth-order valence-corrected chi connectivity index (χ4v) is 1.96. The summed E-state index contributed by atoms with van der Waals surface area (Å²) < 4.78 is 1.95. The van der Waals surface area contributed by atoms with Gasteiger partial charge in [0.2, 0.25) is 0 Å². The van der Waals surface area contributed by atoms with Gasteiger partial charge in [0, 0.05) is 37.4 Å². The summed E-state index contributed by atoms with van der Waals surface area (Å²) >= 11 is 0. The quantitative estimate of drug-likeness (QED) is 0.812. The lowest BCUT2D eigenvalue weighted by molar-refractivity contribution is 0.349. The van der Waals surface area contributed by atoms with Crippen molar-refractivity contribution in [3.8, 4) is 0 Å². The van der Waals surface area contributed by atoms with Crippen LogP contribution in [0.15, 0.2) is 0 Å². The van der Waals surface area contributed by atoms with Crippen LogP contribution in [-0.2, 0) is 13.6 Å². The molecule has 0 aliphatic carbocycles. The summed E-state index contributed by atoms with van der Waals surface area (Å²) in [6.45, 7) is 8.36. The maximum Gasteiger partial charge on any atom is 0.0641 e. The van der Waals surface area contributed by atoms with Gasteiger partial charge in [-0.3, -0.25) is 4.68 Å². The van der Waals surface area contributed by atoms with E-state index in [1.165, 1.54) is 11.3 Å². The lowest BCUT2D eigenvalue weighted by Crippen LogP contribution is -2.35. The van der Waals surface area contributed by atoms with Crippen molar-refractivity contribution in [2.45, 2.75) is 33.4 Å². The highest BCUT2D eigenvalue weighted by Gasteiger charge is 2.10. The minimum Gasteiger partial charge on any atom is -0.309 e. The van der Waals surface area contributed by atoms with E-state index < -0.39 is 0 Å². The first-order chi connectivity index (χ1) is 7.41. The fourth-order valence-electron chi connectivity index (χ4n) is 1.96. The van der Waals surface area contributed by atoms with Crippen molar-refractivity contribution in [2.24, 2.45) is 7.05 Å². The van der Waals surface area contributed by atoms with E-state index >= 15 is 0 Å². The standard InChI is InChI=1S/C12H24N4/c1-9(8-15(4)5)13-7-12-10(2)14-16(6)11(12)3/h9,13H,7-8H2,1-6H3. The van der Waals surface area contributed by atoms with Gasteiger partial charge < -0.3 is 10.2 Å². The summed E-state index contributed by atoms with van der Waals surface area (Å²) in [6, 6.07) is 0.494. The Balaban J connectivity index is 2.54. The molecule has 0 aliphatic rings. The number of hydrogen-bond donors (Lipinski definition) is 1. The first-order valence-corrected chi connectivity index (χ1v) is 5.79. The molecule has 0 bridgehead atoms. The molecular formula is C12H24N4. The Morgan fingerprint density at radius 1 is 1.38 bits per heavy atom. The van der Waals surface area contributed by atoms with Gasteiger partial charge in [0.1, 0.15) is 0 Å². The molecule has 0 saturated carbocycles. The van der Waals surface area contributed by atoms with Crippen LogP contribution in [-0.4, -0.2) is 41.4 Å². The Morgan fingerprint density at radius 3 is 2.44 bits per heavy atom. The van der Waals surface area contributed by atoms with E-state index in [9.17, 15) is 0 Å².